The number of nitrogens with one attached hydrogen (secondary N) is 4. The summed E-state index contributed by atoms with van der Waals surface area (Å²) < 4.78 is 21.8. The van der Waals surface area contributed by atoms with Crippen molar-refractivity contribution in [2.24, 2.45) is 0 Å². The van der Waals surface area contributed by atoms with E-state index < -0.39 is 24.3 Å². The summed E-state index contributed by atoms with van der Waals surface area (Å²) in [5, 5.41) is 5.52. The van der Waals surface area contributed by atoms with Crippen LogP contribution in [-0.2, 0) is 43.4 Å². The van der Waals surface area contributed by atoms with Crippen LogP contribution in [0.15, 0.2) is 109 Å². The summed E-state index contributed by atoms with van der Waals surface area (Å²) in [5.74, 6) is 1.78. The van der Waals surface area contributed by atoms with E-state index in [2.05, 4.69) is 69.1 Å². The number of alkyl carbamates (subject to hydrolysis) is 2. The number of benzene rings is 4. The van der Waals surface area contributed by atoms with E-state index in [0.717, 1.165) is 89.0 Å². The Morgan fingerprint density at radius 1 is 0.739 bits per heavy atom. The van der Waals surface area contributed by atoms with Crippen molar-refractivity contribution in [2.45, 2.75) is 88.7 Å². The van der Waals surface area contributed by atoms with Crippen LogP contribution in [0.25, 0.3) is 33.6 Å². The lowest BCUT2D eigenvalue weighted by Crippen LogP contribution is -2.49. The molecule has 2 fully saturated rings. The molecule has 5 heterocycles. The Bertz CT molecular complexity index is 2700. The molecule has 16 heteroatoms. The van der Waals surface area contributed by atoms with E-state index in [-0.39, 0.29) is 30.3 Å². The predicted molar refractivity (Wildman–Crippen MR) is 258 cm³/mol. The van der Waals surface area contributed by atoms with Crippen molar-refractivity contribution < 1.29 is 38.1 Å². The largest absolute Gasteiger partial charge is 0.489 e. The Balaban J connectivity index is 0.858. The molecule has 9 rings (SSSR count). The van der Waals surface area contributed by atoms with Gasteiger partial charge in [-0.2, -0.15) is 0 Å². The molecule has 0 saturated carbocycles. The molecule has 358 valence electrons. The monoisotopic (exact) mass is 934 g/mol. The van der Waals surface area contributed by atoms with E-state index in [1.54, 1.807) is 11.1 Å². The number of hydrogen-bond donors (Lipinski definition) is 4. The highest BCUT2D eigenvalue weighted by Gasteiger charge is 2.38. The van der Waals surface area contributed by atoms with Gasteiger partial charge in [-0.3, -0.25) is 9.59 Å². The number of likely N-dealkylation sites (tertiary alicyclic amines) is 1. The fourth-order valence-corrected chi connectivity index (χ4v) is 9.56. The molecular formula is C53H58N8O8. The summed E-state index contributed by atoms with van der Waals surface area (Å²) >= 11 is 0. The van der Waals surface area contributed by atoms with Crippen LogP contribution in [0.5, 0.6) is 5.75 Å². The molecule has 3 aliphatic rings. The minimum atomic E-state index is -0.848. The number of amides is 4. The summed E-state index contributed by atoms with van der Waals surface area (Å²) in [7, 11) is 2.59. The minimum absolute atomic E-state index is 0.126. The van der Waals surface area contributed by atoms with Crippen LogP contribution in [0.1, 0.15) is 85.5 Å². The molecule has 69 heavy (non-hydrogen) atoms. The van der Waals surface area contributed by atoms with Crippen LogP contribution in [0, 0.1) is 0 Å². The molecule has 2 bridgehead atoms. The number of aromatic nitrogens is 4. The number of carbonyl (C=O) groups excluding carboxylic acids is 4. The van der Waals surface area contributed by atoms with Gasteiger partial charge in [0.1, 0.15) is 36.1 Å². The van der Waals surface area contributed by atoms with Crippen molar-refractivity contribution in [1.29, 1.82) is 0 Å². The third-order valence-corrected chi connectivity index (χ3v) is 13.2. The Hall–Kier alpha value is -7.46. The van der Waals surface area contributed by atoms with Gasteiger partial charge in [-0.05, 0) is 84.9 Å². The predicted octanol–water partition coefficient (Wildman–Crippen LogP) is 8.43. The van der Waals surface area contributed by atoms with Gasteiger partial charge in [0, 0.05) is 31.7 Å². The molecule has 0 radical (unpaired) electrons. The first-order valence-electron chi connectivity index (χ1n) is 23.7. The van der Waals surface area contributed by atoms with Gasteiger partial charge in [-0.25, -0.2) is 19.6 Å². The number of H-pyrrole nitrogens is 2. The van der Waals surface area contributed by atoms with Gasteiger partial charge >= 0.3 is 12.2 Å². The lowest BCUT2D eigenvalue weighted by molar-refractivity contribution is -0.135. The third-order valence-electron chi connectivity index (χ3n) is 13.2. The lowest BCUT2D eigenvalue weighted by atomic mass is 10.0. The maximum atomic E-state index is 14.2. The van der Waals surface area contributed by atoms with E-state index in [1.807, 2.05) is 59.5 Å². The molecule has 2 aromatic heterocycles. The average molecular weight is 935 g/mol. The highest BCUT2D eigenvalue weighted by atomic mass is 16.5. The van der Waals surface area contributed by atoms with E-state index in [1.165, 1.54) is 14.2 Å². The van der Waals surface area contributed by atoms with Gasteiger partial charge in [0.2, 0.25) is 11.8 Å². The smallest absolute Gasteiger partial charge is 0.407 e. The summed E-state index contributed by atoms with van der Waals surface area (Å²) in [6, 6.07) is 32.0. The number of ether oxygens (including phenoxy) is 4. The molecule has 3 aliphatic heterocycles. The standard InChI is InChI=1S/C53H58N8O8/c1-66-52(64)57-41-12-6-7-29-68-33-44-47(59-49(56-44)46-14-9-28-61(46)50(41)62)39-23-19-37(20-24-39)36-17-21-38(22-18-36)43-31-54-48(55-43)45-13-8-27-60(45)51(63)42(58-53(65)67-2)30-34-15-25-40(26-16-34)69-32-35-10-4-3-5-11-35/h3-5,10-11,15-26,31,41-42,45-46H,6-9,12-14,27-30,32-33H2,1-2H3,(H,54,55)(H,56,59)(H,57,64)(H,58,65)/t41-,42-,45-,46-/m0/s1. The normalized spacial score (nSPS) is 18.8. The first-order valence-corrected chi connectivity index (χ1v) is 23.7. The highest BCUT2D eigenvalue weighted by molar-refractivity contribution is 5.87. The Kier molecular flexibility index (Phi) is 14.6. The van der Waals surface area contributed by atoms with Crippen molar-refractivity contribution in [2.75, 3.05) is 33.9 Å². The summed E-state index contributed by atoms with van der Waals surface area (Å²) in [4.78, 5) is 73.2. The molecular weight excluding hydrogens is 877 g/mol. The number of hydrogen-bond acceptors (Lipinski definition) is 10. The molecule has 4 atom stereocenters. The van der Waals surface area contributed by atoms with Gasteiger partial charge in [0.15, 0.2) is 0 Å². The SMILES string of the molecule is COC(=O)N[C@@H](Cc1ccc(OCc2ccccc2)cc1)C(=O)N1CCC[C@H]1c1ncc(-c2ccc(-c3ccc(-c4nc5[nH]c4COCCCC[C@H](NC(=O)OC)C(=O)N4CCC[C@@H]54)cc3)cc2)[nH]1. The molecule has 0 aliphatic carbocycles. The molecule has 0 spiro atoms. The third kappa shape index (κ3) is 11.0. The van der Waals surface area contributed by atoms with Crippen molar-refractivity contribution >= 4 is 24.0 Å². The van der Waals surface area contributed by atoms with Crippen molar-refractivity contribution in [3.05, 3.63) is 138 Å². The molecule has 4 N–H and O–H groups in total. The molecule has 16 nitrogen and oxygen atoms in total. The number of nitrogens with zero attached hydrogens (tertiary/aromatic N) is 4. The van der Waals surface area contributed by atoms with Gasteiger partial charge < -0.3 is 49.3 Å². The van der Waals surface area contributed by atoms with Crippen molar-refractivity contribution in [1.82, 2.24) is 40.4 Å². The number of fused-ring (bicyclic) bond motifs is 4. The highest BCUT2D eigenvalue weighted by Crippen LogP contribution is 2.36. The second-order valence-electron chi connectivity index (χ2n) is 17.7. The van der Waals surface area contributed by atoms with Crippen LogP contribution in [0.4, 0.5) is 9.59 Å². The van der Waals surface area contributed by atoms with Gasteiger partial charge in [-0.1, -0.05) is 91.0 Å². The number of carbonyl (C=O) groups is 4. The van der Waals surface area contributed by atoms with E-state index in [9.17, 15) is 19.2 Å². The van der Waals surface area contributed by atoms with Crippen LogP contribution in [0.3, 0.4) is 0 Å². The second kappa shape index (κ2) is 21.7. The van der Waals surface area contributed by atoms with E-state index in [0.29, 0.717) is 56.7 Å². The van der Waals surface area contributed by atoms with Crippen LogP contribution in [-0.4, -0.2) is 99.7 Å². The number of methoxy groups -OCH3 is 2. The summed E-state index contributed by atoms with van der Waals surface area (Å²) in [6.07, 6.45) is 5.87. The van der Waals surface area contributed by atoms with Gasteiger partial charge in [0.25, 0.3) is 0 Å². The second-order valence-corrected chi connectivity index (χ2v) is 17.7. The van der Waals surface area contributed by atoms with Gasteiger partial charge in [0.05, 0.1) is 56.2 Å². The lowest BCUT2D eigenvalue weighted by Gasteiger charge is -2.28. The van der Waals surface area contributed by atoms with E-state index in [4.69, 9.17) is 28.9 Å². The molecule has 0 unspecified atom stereocenters. The number of imidazole rings is 2. The zero-order valence-electron chi connectivity index (χ0n) is 38.9. The quantitative estimate of drug-likeness (QED) is 0.0926. The van der Waals surface area contributed by atoms with Gasteiger partial charge in [-0.15, -0.1) is 0 Å². The van der Waals surface area contributed by atoms with Crippen LogP contribution in [0.2, 0.25) is 0 Å². The summed E-state index contributed by atoms with van der Waals surface area (Å²) in [5.41, 5.74) is 8.36. The Labute approximate surface area is 401 Å². The molecule has 4 amide bonds. The van der Waals surface area contributed by atoms with Crippen LogP contribution < -0.4 is 15.4 Å². The maximum absolute atomic E-state index is 14.2. The van der Waals surface area contributed by atoms with Crippen molar-refractivity contribution in [3.63, 3.8) is 0 Å². The van der Waals surface area contributed by atoms with Crippen LogP contribution >= 0.6 is 0 Å². The fourth-order valence-electron chi connectivity index (χ4n) is 9.56. The topological polar surface area (TPSA) is 193 Å². The summed E-state index contributed by atoms with van der Waals surface area (Å²) in [6.45, 7) is 2.43. The number of rotatable bonds is 12. The average Bonchev–Trinajstić information content (AvgIpc) is 4.24. The van der Waals surface area contributed by atoms with E-state index >= 15 is 0 Å². The first kappa shape index (κ1) is 46.6. The maximum Gasteiger partial charge on any atom is 0.407 e. The fraction of sp³-hybridized carbons (Fsp3) is 0.358. The minimum Gasteiger partial charge on any atom is -0.489 e. The van der Waals surface area contributed by atoms with Crippen molar-refractivity contribution in [3.8, 4) is 39.4 Å². The zero-order chi connectivity index (χ0) is 47.7. The Morgan fingerprint density at radius 2 is 1.43 bits per heavy atom. The zero-order valence-corrected chi connectivity index (χ0v) is 38.9. The number of aromatic amines is 2. The Morgan fingerprint density at radius 3 is 2.17 bits per heavy atom. The first-order chi connectivity index (χ1) is 33.7. The molecule has 2 saturated heterocycles. The molecule has 4 aromatic carbocycles. The molecule has 6 aromatic rings.